The van der Waals surface area contributed by atoms with E-state index in [1.807, 2.05) is 6.92 Å². The Labute approximate surface area is 191 Å². The number of hydrogen-bond donors (Lipinski definition) is 2. The molecule has 0 saturated heterocycles. The van der Waals surface area contributed by atoms with Crippen LogP contribution in [-0.4, -0.2) is 31.0 Å². The average Bonchev–Trinajstić information content (AvgIpc) is 2.79. The van der Waals surface area contributed by atoms with E-state index in [-0.39, 0.29) is 24.2 Å². The van der Waals surface area contributed by atoms with Crippen molar-refractivity contribution in [3.05, 3.63) is 78.4 Å². The van der Waals surface area contributed by atoms with E-state index in [4.69, 9.17) is 14.2 Å². The van der Waals surface area contributed by atoms with Gasteiger partial charge in [0.1, 0.15) is 17.2 Å². The van der Waals surface area contributed by atoms with Gasteiger partial charge in [-0.3, -0.25) is 14.4 Å². The molecule has 2 amide bonds. The summed E-state index contributed by atoms with van der Waals surface area (Å²) in [6, 6.07) is 20.0. The number of ether oxygens (including phenoxy) is 3. The van der Waals surface area contributed by atoms with Crippen LogP contribution in [0.15, 0.2) is 72.8 Å². The second kappa shape index (κ2) is 11.3. The molecule has 3 aromatic rings. The minimum Gasteiger partial charge on any atom is -0.494 e. The summed E-state index contributed by atoms with van der Waals surface area (Å²) in [6.07, 6.45) is 0. The van der Waals surface area contributed by atoms with E-state index in [1.54, 1.807) is 66.7 Å². The van der Waals surface area contributed by atoms with Gasteiger partial charge in [0, 0.05) is 23.9 Å². The number of hydrogen-bond acceptors (Lipinski definition) is 6. The van der Waals surface area contributed by atoms with Gasteiger partial charge in [0.2, 0.25) is 0 Å². The molecule has 0 aliphatic heterocycles. The van der Waals surface area contributed by atoms with Crippen molar-refractivity contribution in [2.75, 3.05) is 23.8 Å². The van der Waals surface area contributed by atoms with E-state index in [0.29, 0.717) is 29.3 Å². The highest BCUT2D eigenvalue weighted by Gasteiger charge is 2.10. The Morgan fingerprint density at radius 1 is 0.758 bits per heavy atom. The molecule has 0 aromatic heterocycles. The van der Waals surface area contributed by atoms with Crippen molar-refractivity contribution in [2.45, 2.75) is 13.8 Å². The number of nitrogens with one attached hydrogen (secondary N) is 2. The van der Waals surface area contributed by atoms with Crippen molar-refractivity contribution in [2.24, 2.45) is 0 Å². The lowest BCUT2D eigenvalue weighted by atomic mass is 10.2. The van der Waals surface area contributed by atoms with E-state index in [2.05, 4.69) is 10.6 Å². The van der Waals surface area contributed by atoms with Gasteiger partial charge < -0.3 is 24.8 Å². The number of anilines is 2. The van der Waals surface area contributed by atoms with Crippen molar-refractivity contribution in [1.29, 1.82) is 0 Å². The van der Waals surface area contributed by atoms with E-state index in [9.17, 15) is 14.4 Å². The molecular formula is C25H24N2O6. The molecule has 8 heteroatoms. The van der Waals surface area contributed by atoms with Crippen LogP contribution < -0.4 is 24.8 Å². The Morgan fingerprint density at radius 3 is 2.06 bits per heavy atom. The molecule has 0 radical (unpaired) electrons. The number of amides is 2. The summed E-state index contributed by atoms with van der Waals surface area (Å²) in [5.41, 5.74) is 1.32. The molecule has 3 aromatic carbocycles. The largest absolute Gasteiger partial charge is 0.494 e. The zero-order valence-electron chi connectivity index (χ0n) is 18.3. The molecule has 0 aliphatic carbocycles. The van der Waals surface area contributed by atoms with Crippen LogP contribution in [0.2, 0.25) is 0 Å². The molecule has 0 heterocycles. The van der Waals surface area contributed by atoms with E-state index in [0.717, 1.165) is 5.75 Å². The fourth-order valence-electron chi connectivity index (χ4n) is 2.89. The molecule has 33 heavy (non-hydrogen) atoms. The van der Waals surface area contributed by atoms with Crippen LogP contribution in [0.25, 0.3) is 0 Å². The lowest BCUT2D eigenvalue weighted by Crippen LogP contribution is -2.20. The van der Waals surface area contributed by atoms with Crippen LogP contribution in [0.5, 0.6) is 17.2 Å². The van der Waals surface area contributed by atoms with Gasteiger partial charge in [-0.25, -0.2) is 0 Å². The summed E-state index contributed by atoms with van der Waals surface area (Å²) in [5.74, 6) is 0.357. The molecule has 8 nitrogen and oxygen atoms in total. The first-order chi connectivity index (χ1) is 15.9. The SMILES string of the molecule is CCOc1ccc(OCC(=O)Nc2cccc(NC(=O)c3cccc(OC(C)=O)c3)c2)cc1. The summed E-state index contributed by atoms with van der Waals surface area (Å²) in [5, 5.41) is 5.48. The molecule has 0 spiro atoms. The summed E-state index contributed by atoms with van der Waals surface area (Å²) in [6.45, 7) is 3.59. The average molecular weight is 448 g/mol. The predicted octanol–water partition coefficient (Wildman–Crippen LogP) is 4.28. The maximum atomic E-state index is 12.5. The standard InChI is InChI=1S/C25H24N2O6/c1-3-31-21-10-12-22(13-11-21)32-16-24(29)26-19-7-5-8-20(15-19)27-25(30)18-6-4-9-23(14-18)33-17(2)28/h4-15H,3,16H2,1-2H3,(H,26,29)(H,27,30). The quantitative estimate of drug-likeness (QED) is 0.374. The van der Waals surface area contributed by atoms with Crippen LogP contribution >= 0.6 is 0 Å². The van der Waals surface area contributed by atoms with Crippen LogP contribution in [0, 0.1) is 0 Å². The summed E-state index contributed by atoms with van der Waals surface area (Å²) < 4.78 is 15.9. The van der Waals surface area contributed by atoms with Gasteiger partial charge in [-0.05, 0) is 67.6 Å². The van der Waals surface area contributed by atoms with Crippen LogP contribution in [0.1, 0.15) is 24.2 Å². The number of carbonyl (C=O) groups excluding carboxylic acids is 3. The Hall–Kier alpha value is -4.33. The third kappa shape index (κ3) is 7.39. The van der Waals surface area contributed by atoms with Crippen molar-refractivity contribution in [1.82, 2.24) is 0 Å². The van der Waals surface area contributed by atoms with Crippen molar-refractivity contribution >= 4 is 29.2 Å². The molecule has 0 fully saturated rings. The molecule has 0 unspecified atom stereocenters. The summed E-state index contributed by atoms with van der Waals surface area (Å²) in [4.78, 5) is 35.9. The van der Waals surface area contributed by atoms with Gasteiger partial charge >= 0.3 is 5.97 Å². The zero-order valence-corrected chi connectivity index (χ0v) is 18.3. The van der Waals surface area contributed by atoms with Crippen molar-refractivity contribution in [3.63, 3.8) is 0 Å². The molecule has 0 atom stereocenters. The molecule has 170 valence electrons. The minimum atomic E-state index is -0.470. The highest BCUT2D eigenvalue weighted by molar-refractivity contribution is 6.05. The van der Waals surface area contributed by atoms with Crippen LogP contribution in [0.3, 0.4) is 0 Å². The van der Waals surface area contributed by atoms with Crippen LogP contribution in [0.4, 0.5) is 11.4 Å². The molecule has 0 aliphatic rings. The second-order valence-electron chi connectivity index (χ2n) is 6.90. The first kappa shape index (κ1) is 23.3. The Bertz CT molecular complexity index is 1130. The molecule has 2 N–H and O–H groups in total. The smallest absolute Gasteiger partial charge is 0.308 e. The predicted molar refractivity (Wildman–Crippen MR) is 124 cm³/mol. The number of esters is 1. The van der Waals surface area contributed by atoms with Gasteiger partial charge in [0.25, 0.3) is 11.8 Å². The lowest BCUT2D eigenvalue weighted by Gasteiger charge is -2.11. The van der Waals surface area contributed by atoms with Crippen molar-refractivity contribution in [3.8, 4) is 17.2 Å². The Morgan fingerprint density at radius 2 is 1.39 bits per heavy atom. The topological polar surface area (TPSA) is 103 Å². The second-order valence-corrected chi connectivity index (χ2v) is 6.90. The maximum Gasteiger partial charge on any atom is 0.308 e. The number of benzene rings is 3. The monoisotopic (exact) mass is 448 g/mol. The molecular weight excluding hydrogens is 424 g/mol. The Balaban J connectivity index is 1.55. The normalized spacial score (nSPS) is 10.1. The molecule has 0 saturated carbocycles. The fourth-order valence-corrected chi connectivity index (χ4v) is 2.89. The fraction of sp³-hybridized carbons (Fsp3) is 0.160. The molecule has 3 rings (SSSR count). The number of carbonyl (C=O) groups is 3. The maximum absolute atomic E-state index is 12.5. The highest BCUT2D eigenvalue weighted by Crippen LogP contribution is 2.20. The lowest BCUT2D eigenvalue weighted by molar-refractivity contribution is -0.131. The van der Waals surface area contributed by atoms with Gasteiger partial charge in [-0.2, -0.15) is 0 Å². The number of rotatable bonds is 9. The van der Waals surface area contributed by atoms with E-state index < -0.39 is 5.97 Å². The minimum absolute atomic E-state index is 0.173. The molecule has 0 bridgehead atoms. The van der Waals surface area contributed by atoms with Gasteiger partial charge in [-0.1, -0.05) is 12.1 Å². The summed E-state index contributed by atoms with van der Waals surface area (Å²) in [7, 11) is 0. The first-order valence-corrected chi connectivity index (χ1v) is 10.3. The van der Waals surface area contributed by atoms with Gasteiger partial charge in [-0.15, -0.1) is 0 Å². The third-order valence-electron chi connectivity index (χ3n) is 4.27. The zero-order chi connectivity index (χ0) is 23.6. The highest BCUT2D eigenvalue weighted by atomic mass is 16.5. The first-order valence-electron chi connectivity index (χ1n) is 10.3. The van der Waals surface area contributed by atoms with Crippen LogP contribution in [-0.2, 0) is 9.59 Å². The van der Waals surface area contributed by atoms with Gasteiger partial charge in [0.05, 0.1) is 6.61 Å². The van der Waals surface area contributed by atoms with Gasteiger partial charge in [0.15, 0.2) is 6.61 Å². The van der Waals surface area contributed by atoms with E-state index >= 15 is 0 Å². The summed E-state index contributed by atoms with van der Waals surface area (Å²) >= 11 is 0. The third-order valence-corrected chi connectivity index (χ3v) is 4.27. The van der Waals surface area contributed by atoms with E-state index in [1.165, 1.54) is 13.0 Å². The van der Waals surface area contributed by atoms with Crippen molar-refractivity contribution < 1.29 is 28.6 Å². The Kier molecular flexibility index (Phi) is 8.02.